The lowest BCUT2D eigenvalue weighted by Crippen LogP contribution is -2.51. The van der Waals surface area contributed by atoms with Crippen LogP contribution in [0, 0.1) is 17.8 Å². The van der Waals surface area contributed by atoms with E-state index in [-0.39, 0.29) is 29.8 Å². The van der Waals surface area contributed by atoms with E-state index in [1.807, 2.05) is 62.4 Å². The summed E-state index contributed by atoms with van der Waals surface area (Å²) < 4.78 is 9.56. The van der Waals surface area contributed by atoms with Crippen LogP contribution in [0.3, 0.4) is 0 Å². The number of fused-ring (bicyclic) bond motifs is 1. The Bertz CT molecular complexity index is 2330. The quantitative estimate of drug-likeness (QED) is 0.129. The number of imidazole rings is 2. The maximum atomic E-state index is 13.8. The summed E-state index contributed by atoms with van der Waals surface area (Å²) in [6.07, 6.45) is 5.30. The summed E-state index contributed by atoms with van der Waals surface area (Å²) in [4.78, 5) is 71.1. The molecule has 294 valence electrons. The number of hydrogen-bond acceptors (Lipinski definition) is 8. The number of H-pyrrole nitrogens is 2. The normalized spacial score (nSPS) is 17.5. The minimum Gasteiger partial charge on any atom is -0.453 e. The lowest BCUT2D eigenvalue weighted by molar-refractivity contribution is -0.135. The lowest BCUT2D eigenvalue weighted by Gasteiger charge is -2.30. The van der Waals surface area contributed by atoms with Gasteiger partial charge in [0.05, 0.1) is 44.4 Å². The Kier molecular flexibility index (Phi) is 11.5. The van der Waals surface area contributed by atoms with Crippen molar-refractivity contribution in [3.63, 3.8) is 0 Å². The molecule has 4 N–H and O–H groups in total. The van der Waals surface area contributed by atoms with E-state index in [0.29, 0.717) is 36.0 Å². The number of rotatable bonds is 9. The van der Waals surface area contributed by atoms with Crippen molar-refractivity contribution in [1.82, 2.24) is 40.4 Å². The number of nitrogens with one attached hydrogen (secondary N) is 4. The summed E-state index contributed by atoms with van der Waals surface area (Å²) in [5.41, 5.74) is 3.93. The van der Waals surface area contributed by atoms with E-state index in [0.717, 1.165) is 53.3 Å². The van der Waals surface area contributed by atoms with Crippen molar-refractivity contribution in [3.8, 4) is 23.1 Å². The van der Waals surface area contributed by atoms with E-state index in [4.69, 9.17) is 9.47 Å². The average Bonchev–Trinajstić information content (AvgIpc) is 4.07. The highest BCUT2D eigenvalue weighted by Crippen LogP contribution is 2.35. The molecule has 0 spiro atoms. The van der Waals surface area contributed by atoms with Crippen molar-refractivity contribution in [1.29, 1.82) is 0 Å². The Morgan fingerprint density at radius 2 is 1.39 bits per heavy atom. The lowest BCUT2D eigenvalue weighted by atomic mass is 10.0. The van der Waals surface area contributed by atoms with E-state index < -0.39 is 24.3 Å². The van der Waals surface area contributed by atoms with Gasteiger partial charge in [0.15, 0.2) is 0 Å². The SMILES string of the molecule is COC(=O)NC(C(=O)N1CCCC1c1ncc(C#Cc2ccc3cc(-c4cnc(C5CCCN5C(=O)C(NC(=O)OC)C(C)C)[nH]4)ccc3c2)[nH]1)c1ccccc1. The van der Waals surface area contributed by atoms with Gasteiger partial charge in [-0.05, 0) is 72.1 Å². The highest BCUT2D eigenvalue weighted by Gasteiger charge is 2.38. The van der Waals surface area contributed by atoms with Crippen LogP contribution in [-0.2, 0) is 19.1 Å². The highest BCUT2D eigenvalue weighted by molar-refractivity contribution is 5.89. The van der Waals surface area contributed by atoms with Gasteiger partial charge >= 0.3 is 12.2 Å². The molecular weight excluding hydrogens is 725 g/mol. The van der Waals surface area contributed by atoms with Crippen LogP contribution in [0.2, 0.25) is 0 Å². The van der Waals surface area contributed by atoms with Gasteiger partial charge in [-0.3, -0.25) is 9.59 Å². The van der Waals surface area contributed by atoms with E-state index in [1.165, 1.54) is 14.2 Å². The fourth-order valence-electron chi connectivity index (χ4n) is 7.64. The summed E-state index contributed by atoms with van der Waals surface area (Å²) in [6.45, 7) is 4.91. The van der Waals surface area contributed by atoms with Crippen LogP contribution in [0.15, 0.2) is 79.1 Å². The number of hydrogen-bond donors (Lipinski definition) is 4. The number of ether oxygens (including phenoxy) is 2. The molecule has 4 heterocycles. The Balaban J connectivity index is 1.03. The molecule has 4 amide bonds. The first-order valence-electron chi connectivity index (χ1n) is 19.1. The number of methoxy groups -OCH3 is 2. The smallest absolute Gasteiger partial charge is 0.407 e. The van der Waals surface area contributed by atoms with Gasteiger partial charge in [0.2, 0.25) is 5.91 Å². The van der Waals surface area contributed by atoms with Crippen molar-refractivity contribution in [3.05, 3.63) is 108 Å². The molecule has 7 rings (SSSR count). The number of aromatic amines is 2. The third-order valence-corrected chi connectivity index (χ3v) is 10.6. The second-order valence-corrected chi connectivity index (χ2v) is 14.6. The van der Waals surface area contributed by atoms with Gasteiger partial charge in [0.25, 0.3) is 5.91 Å². The average molecular weight is 771 g/mol. The number of nitrogens with zero attached hydrogens (tertiary/aromatic N) is 4. The van der Waals surface area contributed by atoms with Crippen LogP contribution >= 0.6 is 0 Å². The second-order valence-electron chi connectivity index (χ2n) is 14.6. The number of likely N-dealkylation sites (tertiary alicyclic amines) is 2. The molecule has 2 fully saturated rings. The fraction of sp³-hybridized carbons (Fsp3) is 0.349. The number of alkyl carbamates (subject to hydrolysis) is 2. The molecule has 0 bridgehead atoms. The van der Waals surface area contributed by atoms with Crippen LogP contribution < -0.4 is 10.6 Å². The monoisotopic (exact) mass is 770 g/mol. The van der Waals surface area contributed by atoms with Crippen molar-refractivity contribution >= 4 is 34.8 Å². The molecular formula is C43H46N8O6. The number of aromatic nitrogens is 4. The number of amides is 4. The van der Waals surface area contributed by atoms with Crippen LogP contribution in [-0.4, -0.2) is 87.1 Å². The molecule has 0 radical (unpaired) electrons. The largest absolute Gasteiger partial charge is 0.453 e. The van der Waals surface area contributed by atoms with E-state index >= 15 is 0 Å². The van der Waals surface area contributed by atoms with Gasteiger partial charge in [-0.1, -0.05) is 68.3 Å². The minimum atomic E-state index is -0.892. The van der Waals surface area contributed by atoms with Gasteiger partial charge < -0.3 is 39.9 Å². The van der Waals surface area contributed by atoms with Crippen molar-refractivity contribution in [2.45, 2.75) is 63.7 Å². The van der Waals surface area contributed by atoms with Crippen molar-refractivity contribution in [2.75, 3.05) is 27.3 Å². The van der Waals surface area contributed by atoms with Crippen molar-refractivity contribution in [2.24, 2.45) is 5.92 Å². The molecule has 0 aliphatic carbocycles. The molecule has 4 atom stereocenters. The van der Waals surface area contributed by atoms with Crippen LogP contribution in [0.25, 0.3) is 22.0 Å². The molecule has 2 aliphatic heterocycles. The molecule has 2 saturated heterocycles. The van der Waals surface area contributed by atoms with Gasteiger partial charge in [-0.25, -0.2) is 19.6 Å². The Morgan fingerprint density at radius 1 is 0.754 bits per heavy atom. The second kappa shape index (κ2) is 17.0. The standard InChI is InChI=1S/C43H46N8O6/c1-26(2)36(48-42(54)56-3)40(52)50-20-9-13-35(50)39-45-25-33(47-39)31-18-17-29-22-27(14-16-30(29)23-31)15-19-32-24-44-38(46-32)34-12-8-21-51(34)41(53)37(49-43(55)57-4)28-10-6-5-7-11-28/h5-7,10-11,14,16-18,22-26,34-37H,8-9,12-13,20-21H2,1-4H3,(H,44,46)(H,45,47)(H,48,54)(H,49,55). The Labute approximate surface area is 330 Å². The Morgan fingerprint density at radius 3 is 2.09 bits per heavy atom. The maximum absolute atomic E-state index is 13.8. The van der Waals surface area contributed by atoms with Crippen LogP contribution in [0.5, 0.6) is 0 Å². The van der Waals surface area contributed by atoms with Crippen LogP contribution in [0.4, 0.5) is 9.59 Å². The number of benzene rings is 3. The maximum Gasteiger partial charge on any atom is 0.407 e. The van der Waals surface area contributed by atoms with Gasteiger partial charge in [-0.2, -0.15) is 0 Å². The summed E-state index contributed by atoms with van der Waals surface area (Å²) in [5, 5.41) is 7.44. The zero-order chi connectivity index (χ0) is 40.1. The van der Waals surface area contributed by atoms with E-state index in [1.54, 1.807) is 34.3 Å². The molecule has 5 aromatic rings. The first kappa shape index (κ1) is 38.6. The topological polar surface area (TPSA) is 175 Å². The van der Waals surface area contributed by atoms with E-state index in [2.05, 4.69) is 48.5 Å². The molecule has 14 nitrogen and oxygen atoms in total. The fourth-order valence-corrected chi connectivity index (χ4v) is 7.64. The minimum absolute atomic E-state index is 0.113. The molecule has 57 heavy (non-hydrogen) atoms. The number of carbonyl (C=O) groups is 4. The van der Waals surface area contributed by atoms with Crippen molar-refractivity contribution < 1.29 is 28.7 Å². The number of carbonyl (C=O) groups excluding carboxylic acids is 4. The van der Waals surface area contributed by atoms with Gasteiger partial charge in [-0.15, -0.1) is 0 Å². The third kappa shape index (κ3) is 8.47. The zero-order valence-corrected chi connectivity index (χ0v) is 32.4. The molecule has 2 aromatic heterocycles. The molecule has 0 saturated carbocycles. The summed E-state index contributed by atoms with van der Waals surface area (Å²) in [6, 6.07) is 19.2. The molecule has 4 unspecified atom stereocenters. The first-order chi connectivity index (χ1) is 27.6. The predicted molar refractivity (Wildman–Crippen MR) is 212 cm³/mol. The Hall–Kier alpha value is -6.62. The molecule has 2 aliphatic rings. The van der Waals surface area contributed by atoms with Gasteiger partial charge in [0, 0.05) is 24.2 Å². The predicted octanol–water partition coefficient (Wildman–Crippen LogP) is 6.16. The molecule has 3 aromatic carbocycles. The summed E-state index contributed by atoms with van der Waals surface area (Å²) >= 11 is 0. The van der Waals surface area contributed by atoms with Gasteiger partial charge in [0.1, 0.15) is 29.4 Å². The first-order valence-corrected chi connectivity index (χ1v) is 19.1. The summed E-state index contributed by atoms with van der Waals surface area (Å²) in [7, 11) is 2.56. The third-order valence-electron chi connectivity index (χ3n) is 10.6. The van der Waals surface area contributed by atoms with Crippen LogP contribution in [0.1, 0.15) is 86.1 Å². The highest BCUT2D eigenvalue weighted by atomic mass is 16.5. The molecule has 14 heteroatoms. The summed E-state index contributed by atoms with van der Waals surface area (Å²) in [5.74, 6) is 7.29. The zero-order valence-electron chi connectivity index (χ0n) is 32.4. The van der Waals surface area contributed by atoms with E-state index in [9.17, 15) is 19.2 Å².